The summed E-state index contributed by atoms with van der Waals surface area (Å²) >= 11 is 3.41. The van der Waals surface area contributed by atoms with E-state index in [0.717, 1.165) is 21.6 Å². The average Bonchev–Trinajstić information content (AvgIpc) is 3.04. The Hall–Kier alpha value is -1.82. The summed E-state index contributed by atoms with van der Waals surface area (Å²) in [7, 11) is 0. The number of halogens is 1. The van der Waals surface area contributed by atoms with E-state index in [2.05, 4.69) is 31.2 Å². The summed E-state index contributed by atoms with van der Waals surface area (Å²) in [5.74, 6) is 1.21. The zero-order chi connectivity index (χ0) is 13.2. The van der Waals surface area contributed by atoms with Gasteiger partial charge in [0.05, 0.1) is 6.54 Å². The van der Waals surface area contributed by atoms with Crippen LogP contribution in [0.5, 0.6) is 5.75 Å². The van der Waals surface area contributed by atoms with E-state index in [1.54, 1.807) is 12.4 Å². The van der Waals surface area contributed by atoms with Crippen molar-refractivity contribution in [3.05, 3.63) is 46.5 Å². The van der Waals surface area contributed by atoms with Crippen LogP contribution >= 0.6 is 15.9 Å². The van der Waals surface area contributed by atoms with Crippen LogP contribution in [0.4, 0.5) is 0 Å². The van der Waals surface area contributed by atoms with Crippen molar-refractivity contribution in [2.24, 2.45) is 0 Å². The molecule has 0 spiro atoms. The van der Waals surface area contributed by atoms with Gasteiger partial charge in [-0.25, -0.2) is 4.98 Å². The second-order valence-corrected chi connectivity index (χ2v) is 5.22. The molecule has 1 aliphatic heterocycles. The number of benzene rings is 1. The van der Waals surface area contributed by atoms with Gasteiger partial charge in [-0.3, -0.25) is 4.79 Å². The van der Waals surface area contributed by atoms with Crippen LogP contribution in [0.15, 0.2) is 35.1 Å². The van der Waals surface area contributed by atoms with E-state index < -0.39 is 0 Å². The number of ether oxygens (including phenoxy) is 1. The number of H-pyrrole nitrogens is 1. The number of carbonyl (C=O) groups excluding carboxylic acids is 1. The third kappa shape index (κ3) is 2.49. The summed E-state index contributed by atoms with van der Waals surface area (Å²) in [6.07, 6.45) is 3.39. The molecule has 1 aliphatic rings. The van der Waals surface area contributed by atoms with Crippen LogP contribution in [0, 0.1) is 0 Å². The van der Waals surface area contributed by atoms with Crippen molar-refractivity contribution in [1.82, 2.24) is 15.3 Å². The molecule has 1 amide bonds. The number of fused-ring (bicyclic) bond motifs is 1. The van der Waals surface area contributed by atoms with E-state index in [0.29, 0.717) is 13.2 Å². The molecule has 2 N–H and O–H groups in total. The van der Waals surface area contributed by atoms with Crippen molar-refractivity contribution >= 4 is 21.8 Å². The molecule has 0 saturated carbocycles. The molecule has 19 heavy (non-hydrogen) atoms. The number of carbonyl (C=O) groups is 1. The zero-order valence-corrected chi connectivity index (χ0v) is 11.6. The minimum absolute atomic E-state index is 0.0479. The molecule has 0 saturated heterocycles. The first-order valence-corrected chi connectivity index (χ1v) is 6.71. The minimum Gasteiger partial charge on any atom is -0.492 e. The van der Waals surface area contributed by atoms with E-state index in [4.69, 9.17) is 4.74 Å². The number of hydrogen-bond acceptors (Lipinski definition) is 3. The van der Waals surface area contributed by atoms with Gasteiger partial charge in [0, 0.05) is 22.4 Å². The highest BCUT2D eigenvalue weighted by Gasteiger charge is 2.30. The lowest BCUT2D eigenvalue weighted by Crippen LogP contribution is -2.30. The molecule has 0 bridgehead atoms. The summed E-state index contributed by atoms with van der Waals surface area (Å²) in [6.45, 7) is 0.779. The molecule has 6 heteroatoms. The predicted octanol–water partition coefficient (Wildman–Crippen LogP) is 1.96. The van der Waals surface area contributed by atoms with Crippen molar-refractivity contribution in [3.8, 4) is 5.75 Å². The fourth-order valence-corrected chi connectivity index (χ4v) is 2.47. The Balaban J connectivity index is 1.71. The minimum atomic E-state index is -0.262. The van der Waals surface area contributed by atoms with Gasteiger partial charge >= 0.3 is 0 Å². The Bertz CT molecular complexity index is 598. The summed E-state index contributed by atoms with van der Waals surface area (Å²) in [4.78, 5) is 19.2. The Morgan fingerprint density at radius 3 is 3.26 bits per heavy atom. The van der Waals surface area contributed by atoms with Crippen molar-refractivity contribution < 1.29 is 9.53 Å². The molecular weight excluding hydrogens is 310 g/mol. The zero-order valence-electron chi connectivity index (χ0n) is 10.0. The van der Waals surface area contributed by atoms with Gasteiger partial charge in [0.1, 0.15) is 24.1 Å². The third-order valence-corrected chi connectivity index (χ3v) is 3.55. The van der Waals surface area contributed by atoms with Gasteiger partial charge in [0.25, 0.3) is 0 Å². The molecular formula is C13H12BrN3O2. The summed E-state index contributed by atoms with van der Waals surface area (Å²) in [6, 6.07) is 5.71. The fraction of sp³-hybridized carbons (Fsp3) is 0.231. The van der Waals surface area contributed by atoms with Crippen LogP contribution in [-0.2, 0) is 11.3 Å². The molecule has 2 aromatic rings. The molecule has 5 nitrogen and oxygen atoms in total. The predicted molar refractivity (Wildman–Crippen MR) is 72.8 cm³/mol. The lowest BCUT2D eigenvalue weighted by atomic mass is 10.0. The van der Waals surface area contributed by atoms with Gasteiger partial charge in [-0.1, -0.05) is 15.9 Å². The number of rotatable bonds is 3. The molecule has 2 heterocycles. The average molecular weight is 322 g/mol. The Morgan fingerprint density at radius 2 is 2.47 bits per heavy atom. The van der Waals surface area contributed by atoms with E-state index in [-0.39, 0.29) is 11.8 Å². The molecule has 1 aromatic heterocycles. The first kappa shape index (κ1) is 12.2. The highest BCUT2D eigenvalue weighted by atomic mass is 79.9. The molecule has 0 unspecified atom stereocenters. The summed E-state index contributed by atoms with van der Waals surface area (Å²) in [5.41, 5.74) is 0.923. The number of aromatic nitrogens is 2. The lowest BCUT2D eigenvalue weighted by Gasteiger charge is -2.09. The van der Waals surface area contributed by atoms with Crippen molar-refractivity contribution in [2.75, 3.05) is 6.61 Å². The number of nitrogens with one attached hydrogen (secondary N) is 2. The highest BCUT2D eigenvalue weighted by molar-refractivity contribution is 9.10. The summed E-state index contributed by atoms with van der Waals surface area (Å²) in [5, 5.41) is 2.86. The highest BCUT2D eigenvalue weighted by Crippen LogP contribution is 2.35. The van der Waals surface area contributed by atoms with E-state index >= 15 is 0 Å². The van der Waals surface area contributed by atoms with Crippen LogP contribution < -0.4 is 10.1 Å². The Kier molecular flexibility index (Phi) is 3.25. The Labute approximate surface area is 118 Å². The molecule has 1 atom stereocenters. The van der Waals surface area contributed by atoms with Gasteiger partial charge in [0.2, 0.25) is 5.91 Å². The van der Waals surface area contributed by atoms with Gasteiger partial charge < -0.3 is 15.0 Å². The second kappa shape index (κ2) is 5.05. The molecule has 0 aliphatic carbocycles. The van der Waals surface area contributed by atoms with Gasteiger partial charge in [0.15, 0.2) is 0 Å². The molecule has 3 rings (SSSR count). The van der Waals surface area contributed by atoms with Gasteiger partial charge in [-0.15, -0.1) is 0 Å². The number of amides is 1. The molecule has 0 fully saturated rings. The van der Waals surface area contributed by atoms with Crippen LogP contribution in [0.1, 0.15) is 17.3 Å². The normalized spacial score (nSPS) is 16.8. The number of aromatic amines is 1. The first-order chi connectivity index (χ1) is 9.24. The maximum atomic E-state index is 12.2. The monoisotopic (exact) mass is 321 g/mol. The van der Waals surface area contributed by atoms with E-state index in [1.165, 1.54) is 0 Å². The van der Waals surface area contributed by atoms with Crippen LogP contribution in [0.2, 0.25) is 0 Å². The van der Waals surface area contributed by atoms with Gasteiger partial charge in [-0.2, -0.15) is 0 Å². The van der Waals surface area contributed by atoms with Crippen molar-refractivity contribution in [1.29, 1.82) is 0 Å². The molecule has 98 valence electrons. The maximum Gasteiger partial charge on any atom is 0.231 e. The maximum absolute atomic E-state index is 12.2. The Morgan fingerprint density at radius 1 is 1.58 bits per heavy atom. The first-order valence-electron chi connectivity index (χ1n) is 5.92. The molecule has 1 aromatic carbocycles. The summed E-state index contributed by atoms with van der Waals surface area (Å²) < 4.78 is 6.46. The van der Waals surface area contributed by atoms with E-state index in [1.807, 2.05) is 18.2 Å². The second-order valence-electron chi connectivity index (χ2n) is 4.30. The number of hydrogen-bond donors (Lipinski definition) is 2. The van der Waals surface area contributed by atoms with Crippen molar-refractivity contribution in [3.63, 3.8) is 0 Å². The standard InChI is InChI=1S/C13H12BrN3O2/c14-8-1-2-11-9(5-8)10(7-19-11)13(18)17-6-12-15-3-4-16-12/h1-5,10H,6-7H2,(H,15,16)(H,17,18)/t10-/m0/s1. The topological polar surface area (TPSA) is 67.0 Å². The van der Waals surface area contributed by atoms with Crippen LogP contribution in [0.3, 0.4) is 0 Å². The largest absolute Gasteiger partial charge is 0.492 e. The smallest absolute Gasteiger partial charge is 0.231 e. The SMILES string of the molecule is O=C(NCc1ncc[nH]1)[C@H]1COc2ccc(Br)cc21. The fourth-order valence-electron chi connectivity index (χ4n) is 2.09. The van der Waals surface area contributed by atoms with Crippen molar-refractivity contribution in [2.45, 2.75) is 12.5 Å². The van der Waals surface area contributed by atoms with Gasteiger partial charge in [-0.05, 0) is 18.2 Å². The lowest BCUT2D eigenvalue weighted by molar-refractivity contribution is -0.122. The molecule has 0 radical (unpaired) electrons. The van der Waals surface area contributed by atoms with E-state index in [9.17, 15) is 4.79 Å². The number of imidazole rings is 1. The van der Waals surface area contributed by atoms with Crippen LogP contribution in [-0.4, -0.2) is 22.5 Å². The quantitative estimate of drug-likeness (QED) is 0.908. The number of nitrogens with zero attached hydrogens (tertiary/aromatic N) is 1. The third-order valence-electron chi connectivity index (χ3n) is 3.05. The van der Waals surface area contributed by atoms with Crippen LogP contribution in [0.25, 0.3) is 0 Å².